The van der Waals surface area contributed by atoms with Crippen LogP contribution >= 0.6 is 0 Å². The quantitative estimate of drug-likeness (QED) is 0.0386. The molecule has 2 atom stereocenters. The van der Waals surface area contributed by atoms with E-state index in [-0.39, 0.29) is 36.3 Å². The maximum atomic E-state index is 12.9. The first-order valence-corrected chi connectivity index (χ1v) is 15.0. The Hall–Kier alpha value is -5.80. The molecule has 0 saturated carbocycles. The Bertz CT molecular complexity index is 1470. The van der Waals surface area contributed by atoms with Crippen molar-refractivity contribution in [1.29, 1.82) is 0 Å². The molecule has 5 N–H and O–H groups in total. The van der Waals surface area contributed by atoms with Crippen LogP contribution in [0.1, 0.15) is 52.0 Å². The Morgan fingerprint density at radius 1 is 0.875 bits per heavy atom. The third-order valence-corrected chi connectivity index (χ3v) is 6.60. The van der Waals surface area contributed by atoms with Crippen molar-refractivity contribution in [3.8, 4) is 5.75 Å². The first-order valence-electron chi connectivity index (χ1n) is 15.0. The van der Waals surface area contributed by atoms with E-state index in [1.54, 1.807) is 38.1 Å². The fraction of sp³-hybridized carbons (Fsp3) is 0.375. The van der Waals surface area contributed by atoms with E-state index in [1.165, 1.54) is 31.2 Å². The normalized spacial score (nSPS) is 12.0. The molecule has 0 aliphatic rings. The van der Waals surface area contributed by atoms with Gasteiger partial charge in [-0.05, 0) is 55.5 Å². The van der Waals surface area contributed by atoms with Crippen LogP contribution in [-0.2, 0) is 35.3 Å². The number of carboxylic acid groups (broad SMARTS) is 1. The van der Waals surface area contributed by atoms with Gasteiger partial charge < -0.3 is 35.8 Å². The molecule has 0 fully saturated rings. The maximum absolute atomic E-state index is 12.9. The van der Waals surface area contributed by atoms with Crippen LogP contribution in [0, 0.1) is 16.0 Å². The number of benzene rings is 2. The van der Waals surface area contributed by atoms with Gasteiger partial charge in [0.15, 0.2) is 0 Å². The Morgan fingerprint density at radius 3 is 2.15 bits per heavy atom. The zero-order valence-corrected chi connectivity index (χ0v) is 26.7. The molecule has 0 aliphatic carbocycles. The Balaban J connectivity index is 1.74. The molecular formula is C32H39N5O11. The number of carbonyl (C=O) groups excluding carboxylic acids is 5. The number of hydrogen-bond acceptors (Lipinski definition) is 10. The summed E-state index contributed by atoms with van der Waals surface area (Å²) in [4.78, 5) is 82.1. The lowest BCUT2D eigenvalue weighted by Crippen LogP contribution is -2.53. The van der Waals surface area contributed by atoms with Crippen LogP contribution in [0.3, 0.4) is 0 Å². The van der Waals surface area contributed by atoms with Gasteiger partial charge >= 0.3 is 12.1 Å². The molecule has 16 nitrogen and oxygen atoms in total. The highest BCUT2D eigenvalue weighted by Gasteiger charge is 2.27. The van der Waals surface area contributed by atoms with Gasteiger partial charge in [0, 0.05) is 42.9 Å². The molecule has 16 heteroatoms. The number of nitrogens with zero attached hydrogens (tertiary/aromatic N) is 1. The zero-order valence-electron chi connectivity index (χ0n) is 26.7. The molecule has 4 amide bonds. The van der Waals surface area contributed by atoms with E-state index in [2.05, 4.69) is 21.3 Å². The minimum atomic E-state index is -1.22. The fourth-order valence-corrected chi connectivity index (χ4v) is 3.99. The number of nitro groups is 1. The molecule has 48 heavy (non-hydrogen) atoms. The van der Waals surface area contributed by atoms with Crippen LogP contribution in [0.2, 0.25) is 0 Å². The standard InChI is InChI=1S/C32H39N5O11/c1-20(2)29(36-27(39)7-5-4-6-18-33-26(38)16-17-28(40)41)31(43)34-21(3)30(42)35-23-10-8-22(9-11-23)19-47-32(44)48-25-14-12-24(13-15-25)37(45)46/h8-17,20-21,29H,4-7,18-19H2,1-3H3,(H,33,38)(H,34,43)(H,35,42)(H,36,39)(H,40,41)/b17-16-/t21-,29-/m0/s1. The number of carbonyl (C=O) groups is 6. The van der Waals surface area contributed by atoms with E-state index in [1.807, 2.05) is 0 Å². The summed E-state index contributed by atoms with van der Waals surface area (Å²) in [7, 11) is 0. The molecule has 0 spiro atoms. The topological polar surface area (TPSA) is 232 Å². The molecule has 0 radical (unpaired) electrons. The number of rotatable bonds is 18. The highest BCUT2D eigenvalue weighted by atomic mass is 16.7. The summed E-state index contributed by atoms with van der Waals surface area (Å²) in [5, 5.41) is 29.8. The van der Waals surface area contributed by atoms with Gasteiger partial charge in [0.05, 0.1) is 4.92 Å². The molecule has 2 aromatic rings. The number of nitrogens with one attached hydrogen (secondary N) is 4. The minimum absolute atomic E-state index is 0.0784. The number of aliphatic carboxylic acids is 1. The molecule has 0 aliphatic heterocycles. The highest BCUT2D eigenvalue weighted by Crippen LogP contribution is 2.18. The van der Waals surface area contributed by atoms with E-state index in [0.29, 0.717) is 37.1 Å². The van der Waals surface area contributed by atoms with Gasteiger partial charge in [0.1, 0.15) is 24.4 Å². The molecule has 0 heterocycles. The van der Waals surface area contributed by atoms with Crippen molar-refractivity contribution in [2.45, 2.75) is 65.1 Å². The van der Waals surface area contributed by atoms with E-state index >= 15 is 0 Å². The number of carboxylic acids is 1. The lowest BCUT2D eigenvalue weighted by molar-refractivity contribution is -0.384. The lowest BCUT2D eigenvalue weighted by atomic mass is 10.0. The second kappa shape index (κ2) is 19.7. The molecule has 2 aromatic carbocycles. The van der Waals surface area contributed by atoms with Crippen molar-refractivity contribution >= 4 is 47.1 Å². The first-order chi connectivity index (χ1) is 22.7. The number of ether oxygens (including phenoxy) is 2. The predicted octanol–water partition coefficient (Wildman–Crippen LogP) is 3.21. The smallest absolute Gasteiger partial charge is 0.478 e. The van der Waals surface area contributed by atoms with Crippen LogP contribution in [-0.4, -0.2) is 64.4 Å². The fourth-order valence-electron chi connectivity index (χ4n) is 3.99. The third kappa shape index (κ3) is 14.5. The maximum Gasteiger partial charge on any atom is 0.514 e. The van der Waals surface area contributed by atoms with Crippen LogP contribution < -0.4 is 26.0 Å². The Morgan fingerprint density at radius 2 is 1.54 bits per heavy atom. The molecule has 2 rings (SSSR count). The van der Waals surface area contributed by atoms with E-state index in [9.17, 15) is 38.9 Å². The molecule has 0 aromatic heterocycles. The van der Waals surface area contributed by atoms with Gasteiger partial charge in [0.2, 0.25) is 23.6 Å². The summed E-state index contributed by atoms with van der Waals surface area (Å²) in [5.41, 5.74) is 0.854. The Kier molecular flexibility index (Phi) is 15.7. The van der Waals surface area contributed by atoms with Crippen LogP contribution in [0.5, 0.6) is 5.75 Å². The zero-order chi connectivity index (χ0) is 35.6. The second-order valence-electron chi connectivity index (χ2n) is 10.9. The molecule has 0 saturated heterocycles. The van der Waals surface area contributed by atoms with Crippen molar-refractivity contribution in [2.75, 3.05) is 11.9 Å². The average molecular weight is 670 g/mol. The summed E-state index contributed by atoms with van der Waals surface area (Å²) in [6, 6.07) is 9.48. The first kappa shape index (κ1) is 38.4. The summed E-state index contributed by atoms with van der Waals surface area (Å²) in [6.45, 7) is 5.21. The van der Waals surface area contributed by atoms with E-state index in [4.69, 9.17) is 14.6 Å². The summed E-state index contributed by atoms with van der Waals surface area (Å²) >= 11 is 0. The third-order valence-electron chi connectivity index (χ3n) is 6.60. The highest BCUT2D eigenvalue weighted by molar-refractivity contribution is 5.98. The van der Waals surface area contributed by atoms with Gasteiger partial charge in [0.25, 0.3) is 5.69 Å². The second-order valence-corrected chi connectivity index (χ2v) is 10.9. The number of anilines is 1. The van der Waals surface area contributed by atoms with Gasteiger partial charge in [-0.1, -0.05) is 32.4 Å². The van der Waals surface area contributed by atoms with Gasteiger partial charge in [-0.25, -0.2) is 9.59 Å². The average Bonchev–Trinajstić information content (AvgIpc) is 3.03. The van der Waals surface area contributed by atoms with Crippen molar-refractivity contribution in [3.05, 3.63) is 76.4 Å². The number of hydrogen-bond donors (Lipinski definition) is 5. The number of non-ortho nitro benzene ring substituents is 1. The predicted molar refractivity (Wildman–Crippen MR) is 172 cm³/mol. The SMILES string of the molecule is CC(C)[C@H](NC(=O)CCCCCNC(=O)/C=C\C(=O)O)C(=O)N[C@@H](C)C(=O)Nc1ccc(COC(=O)Oc2ccc([N+](=O)[O-])cc2)cc1. The molecule has 0 unspecified atom stereocenters. The number of amides is 4. The number of nitro benzene ring substituents is 1. The van der Waals surface area contributed by atoms with Gasteiger partial charge in [-0.3, -0.25) is 29.3 Å². The Labute approximate surface area is 276 Å². The lowest BCUT2D eigenvalue weighted by Gasteiger charge is -2.24. The molecule has 258 valence electrons. The summed E-state index contributed by atoms with van der Waals surface area (Å²) < 4.78 is 10.0. The van der Waals surface area contributed by atoms with Crippen LogP contribution in [0.4, 0.5) is 16.2 Å². The van der Waals surface area contributed by atoms with E-state index < -0.39 is 46.9 Å². The number of unbranched alkanes of at least 4 members (excludes halogenated alkanes) is 2. The monoisotopic (exact) mass is 669 g/mol. The van der Waals surface area contributed by atoms with Gasteiger partial charge in [-0.15, -0.1) is 0 Å². The largest absolute Gasteiger partial charge is 0.514 e. The van der Waals surface area contributed by atoms with E-state index in [0.717, 1.165) is 12.2 Å². The summed E-state index contributed by atoms with van der Waals surface area (Å²) in [5.74, 6) is -3.28. The van der Waals surface area contributed by atoms with Crippen LogP contribution in [0.15, 0.2) is 60.7 Å². The van der Waals surface area contributed by atoms with Crippen molar-refractivity contribution in [3.63, 3.8) is 0 Å². The van der Waals surface area contributed by atoms with Crippen LogP contribution in [0.25, 0.3) is 0 Å². The van der Waals surface area contributed by atoms with Crippen molar-refractivity contribution in [2.24, 2.45) is 5.92 Å². The minimum Gasteiger partial charge on any atom is -0.478 e. The van der Waals surface area contributed by atoms with Gasteiger partial charge in [-0.2, -0.15) is 0 Å². The summed E-state index contributed by atoms with van der Waals surface area (Å²) in [6.07, 6.45) is 2.52. The van der Waals surface area contributed by atoms with Crippen molar-refractivity contribution < 1.29 is 48.3 Å². The van der Waals surface area contributed by atoms with Crippen molar-refractivity contribution in [1.82, 2.24) is 16.0 Å². The molecule has 0 bridgehead atoms. The molecular weight excluding hydrogens is 630 g/mol.